The maximum absolute atomic E-state index is 12.2. The van der Waals surface area contributed by atoms with Crippen molar-refractivity contribution in [1.29, 1.82) is 0 Å². The van der Waals surface area contributed by atoms with Crippen molar-refractivity contribution in [1.82, 2.24) is 0 Å². The number of benzene rings is 3. The minimum atomic E-state index is -0.248. The minimum absolute atomic E-state index is 0.106. The van der Waals surface area contributed by atoms with Gasteiger partial charge < -0.3 is 9.47 Å². The zero-order valence-corrected chi connectivity index (χ0v) is 21.6. The lowest BCUT2D eigenvalue weighted by atomic mass is 9.94. The van der Waals surface area contributed by atoms with Gasteiger partial charge in [-0.25, -0.2) is 0 Å². The van der Waals surface area contributed by atoms with Crippen molar-refractivity contribution in [2.24, 2.45) is 0 Å². The second-order valence-electron chi connectivity index (χ2n) is 9.19. The molecule has 3 aromatic carbocycles. The molecule has 1 atom stereocenters. The maximum Gasteiger partial charge on any atom is 0.306 e. The lowest BCUT2D eigenvalue weighted by Gasteiger charge is -2.15. The molecule has 0 saturated heterocycles. The molecule has 1 unspecified atom stereocenters. The van der Waals surface area contributed by atoms with Crippen LogP contribution < -0.4 is 4.74 Å². The first-order valence-electron chi connectivity index (χ1n) is 13.2. The molecule has 0 spiro atoms. The third-order valence-electron chi connectivity index (χ3n) is 6.34. The number of esters is 1. The van der Waals surface area contributed by atoms with Crippen LogP contribution in [0.2, 0.25) is 0 Å². The van der Waals surface area contributed by atoms with Crippen molar-refractivity contribution < 1.29 is 14.3 Å². The Morgan fingerprint density at radius 2 is 1.29 bits per heavy atom. The summed E-state index contributed by atoms with van der Waals surface area (Å²) in [5.74, 6) is 0.805. The summed E-state index contributed by atoms with van der Waals surface area (Å²) >= 11 is 0. The molecule has 3 rings (SSSR count). The molecule has 0 aliphatic rings. The monoisotopic (exact) mass is 472 g/mol. The largest absolute Gasteiger partial charge is 0.494 e. The third kappa shape index (κ3) is 8.28. The van der Waals surface area contributed by atoms with Crippen LogP contribution in [0, 0.1) is 0 Å². The van der Waals surface area contributed by atoms with Gasteiger partial charge in [0, 0.05) is 6.42 Å². The molecule has 0 heterocycles. The molecule has 0 aliphatic heterocycles. The average molecular weight is 473 g/mol. The summed E-state index contributed by atoms with van der Waals surface area (Å²) in [6.07, 6.45) is 8.10. The molecular weight excluding hydrogens is 432 g/mol. The Morgan fingerprint density at radius 3 is 1.89 bits per heavy atom. The molecular formula is C32H40O3. The second-order valence-corrected chi connectivity index (χ2v) is 9.19. The molecule has 3 heteroatoms. The number of carbonyl (C=O) groups excluding carboxylic acids is 1. The number of hydrogen-bond donors (Lipinski definition) is 0. The zero-order chi connectivity index (χ0) is 24.9. The number of ether oxygens (including phenoxy) is 2. The molecule has 0 aliphatic carbocycles. The van der Waals surface area contributed by atoms with E-state index in [1.165, 1.54) is 30.4 Å². The Hall–Kier alpha value is -3.07. The number of hydrogen-bond acceptors (Lipinski definition) is 3. The molecule has 3 nitrogen and oxygen atoms in total. The van der Waals surface area contributed by atoms with Crippen molar-refractivity contribution in [3.63, 3.8) is 0 Å². The van der Waals surface area contributed by atoms with E-state index in [-0.39, 0.29) is 12.1 Å². The highest BCUT2D eigenvalue weighted by Crippen LogP contribution is 2.33. The smallest absolute Gasteiger partial charge is 0.306 e. The van der Waals surface area contributed by atoms with Crippen molar-refractivity contribution >= 4 is 5.97 Å². The first-order valence-corrected chi connectivity index (χ1v) is 13.2. The highest BCUT2D eigenvalue weighted by Gasteiger charge is 2.13. The van der Waals surface area contributed by atoms with E-state index in [4.69, 9.17) is 9.47 Å². The zero-order valence-electron chi connectivity index (χ0n) is 21.6. The van der Waals surface area contributed by atoms with Crippen LogP contribution in [0.15, 0.2) is 72.8 Å². The van der Waals surface area contributed by atoms with E-state index in [0.29, 0.717) is 6.42 Å². The Bertz CT molecular complexity index is 1020. The number of rotatable bonds is 14. The van der Waals surface area contributed by atoms with Crippen molar-refractivity contribution in [3.05, 3.63) is 78.4 Å². The molecule has 186 valence electrons. The van der Waals surface area contributed by atoms with E-state index in [2.05, 4.69) is 74.5 Å². The highest BCUT2D eigenvalue weighted by molar-refractivity contribution is 5.83. The van der Waals surface area contributed by atoms with E-state index in [0.717, 1.165) is 54.7 Å². The fourth-order valence-corrected chi connectivity index (χ4v) is 4.18. The quantitative estimate of drug-likeness (QED) is 0.173. The summed E-state index contributed by atoms with van der Waals surface area (Å²) in [4.78, 5) is 12.2. The van der Waals surface area contributed by atoms with Gasteiger partial charge in [-0.3, -0.25) is 4.79 Å². The fraction of sp³-hybridized carbons (Fsp3) is 0.406. The van der Waals surface area contributed by atoms with E-state index in [9.17, 15) is 4.79 Å². The average Bonchev–Trinajstić information content (AvgIpc) is 2.89. The molecule has 3 aromatic rings. The first-order chi connectivity index (χ1) is 17.1. The SMILES string of the molecule is CCCCCCCC(=O)OC(C)c1ccc(-c2ccccc2-c2ccc(OCCCC)cc2)cc1. The molecule has 0 radical (unpaired) electrons. The number of carbonyl (C=O) groups is 1. The molecule has 0 N–H and O–H groups in total. The van der Waals surface area contributed by atoms with E-state index in [1.54, 1.807) is 0 Å². The third-order valence-corrected chi connectivity index (χ3v) is 6.34. The summed E-state index contributed by atoms with van der Waals surface area (Å²) < 4.78 is 11.5. The maximum atomic E-state index is 12.2. The van der Waals surface area contributed by atoms with Gasteiger partial charge >= 0.3 is 5.97 Å². The van der Waals surface area contributed by atoms with Gasteiger partial charge in [-0.2, -0.15) is 0 Å². The predicted octanol–water partition coefficient (Wildman–Crippen LogP) is 9.16. The van der Waals surface area contributed by atoms with Crippen LogP contribution in [-0.4, -0.2) is 12.6 Å². The summed E-state index contributed by atoms with van der Waals surface area (Å²) in [6.45, 7) is 7.06. The summed E-state index contributed by atoms with van der Waals surface area (Å²) in [5.41, 5.74) is 5.67. The van der Waals surface area contributed by atoms with Crippen LogP contribution in [0.5, 0.6) is 5.75 Å². The Labute approximate surface area is 211 Å². The van der Waals surface area contributed by atoms with Gasteiger partial charge in [0.05, 0.1) is 6.61 Å². The second kappa shape index (κ2) is 14.4. The predicted molar refractivity (Wildman–Crippen MR) is 146 cm³/mol. The molecule has 0 fully saturated rings. The van der Waals surface area contributed by atoms with Crippen molar-refractivity contribution in [3.8, 4) is 28.0 Å². The lowest BCUT2D eigenvalue weighted by molar-refractivity contribution is -0.148. The number of unbranched alkanes of at least 4 members (excludes halogenated alkanes) is 5. The molecule has 0 bridgehead atoms. The standard InChI is InChI=1S/C32H40O3/c1-4-6-8-9-10-15-32(33)35-25(3)26-16-18-27(19-17-26)30-13-11-12-14-31(30)28-20-22-29(23-21-28)34-24-7-5-2/h11-14,16-23,25H,4-10,15,24H2,1-3H3. The summed E-state index contributed by atoms with van der Waals surface area (Å²) in [7, 11) is 0. The van der Waals surface area contributed by atoms with E-state index in [1.807, 2.05) is 19.1 Å². The van der Waals surface area contributed by atoms with Gasteiger partial charge in [0.2, 0.25) is 0 Å². The minimum Gasteiger partial charge on any atom is -0.494 e. The van der Waals surface area contributed by atoms with E-state index < -0.39 is 0 Å². The van der Waals surface area contributed by atoms with Crippen LogP contribution >= 0.6 is 0 Å². The van der Waals surface area contributed by atoms with Gasteiger partial charge in [-0.1, -0.05) is 107 Å². The Balaban J connectivity index is 1.64. The van der Waals surface area contributed by atoms with Crippen LogP contribution in [0.25, 0.3) is 22.3 Å². The molecule has 35 heavy (non-hydrogen) atoms. The Morgan fingerprint density at radius 1 is 0.714 bits per heavy atom. The van der Waals surface area contributed by atoms with Crippen LogP contribution in [0.1, 0.15) is 83.8 Å². The summed E-state index contributed by atoms with van der Waals surface area (Å²) in [5, 5.41) is 0. The van der Waals surface area contributed by atoms with Crippen LogP contribution in [0.3, 0.4) is 0 Å². The van der Waals surface area contributed by atoms with Gasteiger partial charge in [0.25, 0.3) is 0 Å². The van der Waals surface area contributed by atoms with Crippen LogP contribution in [-0.2, 0) is 9.53 Å². The van der Waals surface area contributed by atoms with Gasteiger partial charge in [-0.15, -0.1) is 0 Å². The van der Waals surface area contributed by atoms with Gasteiger partial charge in [0.15, 0.2) is 0 Å². The molecule has 0 amide bonds. The molecule has 0 saturated carbocycles. The van der Waals surface area contributed by atoms with Crippen molar-refractivity contribution in [2.45, 2.75) is 78.2 Å². The van der Waals surface area contributed by atoms with Crippen LogP contribution in [0.4, 0.5) is 0 Å². The van der Waals surface area contributed by atoms with E-state index >= 15 is 0 Å². The van der Waals surface area contributed by atoms with Crippen molar-refractivity contribution in [2.75, 3.05) is 6.61 Å². The van der Waals surface area contributed by atoms with Gasteiger partial charge in [0.1, 0.15) is 11.9 Å². The Kier molecular flexibility index (Phi) is 10.9. The molecule has 0 aromatic heterocycles. The summed E-state index contributed by atoms with van der Waals surface area (Å²) in [6, 6.07) is 25.1. The fourth-order valence-electron chi connectivity index (χ4n) is 4.18. The highest BCUT2D eigenvalue weighted by atomic mass is 16.5. The topological polar surface area (TPSA) is 35.5 Å². The lowest BCUT2D eigenvalue weighted by Crippen LogP contribution is -2.08. The first kappa shape index (κ1) is 26.5. The normalized spacial score (nSPS) is 11.7. The van der Waals surface area contributed by atoms with Gasteiger partial charge in [-0.05, 0) is 59.7 Å².